The van der Waals surface area contributed by atoms with Crippen LogP contribution in [0.2, 0.25) is 10.3 Å². The SMILES string of the molecule is CC1Cn2cc(-c3nc(Cl)ncc3Cl)nc2C(=O)N1Cc1ccc(F)c(F)c1. The molecule has 0 bridgehead atoms. The molecule has 1 atom stereocenters. The van der Waals surface area contributed by atoms with E-state index in [1.807, 2.05) is 6.92 Å². The Kier molecular flexibility index (Phi) is 4.76. The number of carbonyl (C=O) groups is 1. The predicted molar refractivity (Wildman–Crippen MR) is 99.0 cm³/mol. The van der Waals surface area contributed by atoms with Crippen molar-refractivity contribution in [1.29, 1.82) is 0 Å². The third-order valence-electron chi connectivity index (χ3n) is 4.52. The molecule has 0 fully saturated rings. The second kappa shape index (κ2) is 7.10. The Morgan fingerprint density at radius 1 is 1.21 bits per heavy atom. The van der Waals surface area contributed by atoms with E-state index in [1.165, 1.54) is 12.3 Å². The first-order chi connectivity index (χ1) is 13.3. The average Bonchev–Trinajstić information content (AvgIpc) is 3.07. The van der Waals surface area contributed by atoms with E-state index < -0.39 is 11.6 Å². The first-order valence-electron chi connectivity index (χ1n) is 8.34. The number of benzene rings is 1. The van der Waals surface area contributed by atoms with Crippen molar-refractivity contribution in [3.63, 3.8) is 0 Å². The van der Waals surface area contributed by atoms with Gasteiger partial charge in [-0.15, -0.1) is 0 Å². The molecule has 2 aromatic heterocycles. The highest BCUT2D eigenvalue weighted by Gasteiger charge is 2.32. The van der Waals surface area contributed by atoms with Crippen molar-refractivity contribution < 1.29 is 13.6 Å². The second-order valence-corrected chi connectivity index (χ2v) is 7.21. The fraction of sp³-hybridized carbons (Fsp3) is 0.222. The van der Waals surface area contributed by atoms with E-state index in [0.29, 0.717) is 23.5 Å². The summed E-state index contributed by atoms with van der Waals surface area (Å²) in [4.78, 5) is 26.8. The summed E-state index contributed by atoms with van der Waals surface area (Å²) < 4.78 is 28.4. The lowest BCUT2D eigenvalue weighted by Crippen LogP contribution is -2.46. The molecule has 1 amide bonds. The minimum atomic E-state index is -0.950. The quantitative estimate of drug-likeness (QED) is 0.597. The third-order valence-corrected chi connectivity index (χ3v) is 4.97. The number of hydrogen-bond acceptors (Lipinski definition) is 4. The van der Waals surface area contributed by atoms with E-state index >= 15 is 0 Å². The molecular weight excluding hydrogens is 411 g/mol. The van der Waals surface area contributed by atoms with Gasteiger partial charge in [-0.2, -0.15) is 0 Å². The van der Waals surface area contributed by atoms with Crippen LogP contribution in [0.15, 0.2) is 30.6 Å². The normalized spacial score (nSPS) is 16.4. The fourth-order valence-electron chi connectivity index (χ4n) is 3.14. The van der Waals surface area contributed by atoms with Gasteiger partial charge in [-0.05, 0) is 36.2 Å². The van der Waals surface area contributed by atoms with E-state index in [1.54, 1.807) is 15.7 Å². The van der Waals surface area contributed by atoms with Crippen LogP contribution in [-0.4, -0.2) is 36.4 Å². The zero-order chi connectivity index (χ0) is 20.0. The van der Waals surface area contributed by atoms with Crippen LogP contribution in [0.5, 0.6) is 0 Å². The molecule has 0 radical (unpaired) electrons. The van der Waals surface area contributed by atoms with Crippen LogP contribution < -0.4 is 0 Å². The van der Waals surface area contributed by atoms with E-state index in [9.17, 15) is 13.6 Å². The summed E-state index contributed by atoms with van der Waals surface area (Å²) in [6.45, 7) is 2.49. The molecule has 0 N–H and O–H groups in total. The number of imidazole rings is 1. The van der Waals surface area contributed by atoms with E-state index in [4.69, 9.17) is 23.2 Å². The van der Waals surface area contributed by atoms with Gasteiger partial charge in [-0.25, -0.2) is 23.7 Å². The number of carbonyl (C=O) groups excluding carboxylic acids is 1. The molecule has 0 saturated heterocycles. The smallest absolute Gasteiger partial charge is 0.290 e. The highest BCUT2D eigenvalue weighted by atomic mass is 35.5. The van der Waals surface area contributed by atoms with Crippen LogP contribution in [0.25, 0.3) is 11.4 Å². The molecule has 1 aromatic carbocycles. The number of nitrogens with zero attached hydrogens (tertiary/aromatic N) is 5. The molecule has 10 heteroatoms. The van der Waals surface area contributed by atoms with Crippen LogP contribution in [0, 0.1) is 11.6 Å². The summed E-state index contributed by atoms with van der Waals surface area (Å²) in [6.07, 6.45) is 3.05. The molecule has 1 unspecified atom stereocenters. The van der Waals surface area contributed by atoms with Gasteiger partial charge in [0.2, 0.25) is 5.28 Å². The minimum absolute atomic E-state index is 0.0185. The number of hydrogen-bond donors (Lipinski definition) is 0. The van der Waals surface area contributed by atoms with E-state index in [-0.39, 0.29) is 34.6 Å². The van der Waals surface area contributed by atoms with Crippen molar-refractivity contribution in [3.05, 3.63) is 63.9 Å². The van der Waals surface area contributed by atoms with Gasteiger partial charge in [-0.1, -0.05) is 17.7 Å². The molecule has 6 nitrogen and oxygen atoms in total. The maximum Gasteiger partial charge on any atom is 0.290 e. The van der Waals surface area contributed by atoms with Crippen LogP contribution in [-0.2, 0) is 13.1 Å². The first-order valence-corrected chi connectivity index (χ1v) is 9.09. The first kappa shape index (κ1) is 18.8. The lowest BCUT2D eigenvalue weighted by Gasteiger charge is -2.33. The Balaban J connectivity index is 1.66. The molecule has 0 saturated carbocycles. The molecule has 0 spiro atoms. The lowest BCUT2D eigenvalue weighted by atomic mass is 10.1. The molecule has 0 aliphatic carbocycles. The Morgan fingerprint density at radius 2 is 2.00 bits per heavy atom. The monoisotopic (exact) mass is 423 g/mol. The summed E-state index contributed by atoms with van der Waals surface area (Å²) in [6, 6.07) is 3.40. The molecule has 1 aliphatic rings. The van der Waals surface area contributed by atoms with Crippen LogP contribution in [0.3, 0.4) is 0 Å². The van der Waals surface area contributed by atoms with Crippen molar-refractivity contribution in [2.24, 2.45) is 0 Å². The van der Waals surface area contributed by atoms with Crippen LogP contribution >= 0.6 is 23.2 Å². The number of halogens is 4. The highest BCUT2D eigenvalue weighted by Crippen LogP contribution is 2.28. The van der Waals surface area contributed by atoms with Gasteiger partial charge in [-0.3, -0.25) is 4.79 Å². The number of rotatable bonds is 3. The molecule has 4 rings (SSSR count). The molecular formula is C18H13Cl2F2N5O. The Labute approximate surface area is 168 Å². The standard InChI is InChI=1S/C18H13Cl2F2N5O/c1-9-6-26-8-14(15-11(19)5-23-18(20)25-15)24-16(26)17(28)27(9)7-10-2-3-12(21)13(22)4-10/h2-5,8-9H,6-7H2,1H3. The molecule has 1 aliphatic heterocycles. The van der Waals surface area contributed by atoms with Gasteiger partial charge in [0, 0.05) is 25.3 Å². The maximum atomic E-state index is 13.5. The molecule has 3 heterocycles. The van der Waals surface area contributed by atoms with Gasteiger partial charge < -0.3 is 9.47 Å². The Bertz CT molecular complexity index is 1090. The summed E-state index contributed by atoms with van der Waals surface area (Å²) in [5, 5.41) is 0.281. The molecule has 3 aromatic rings. The second-order valence-electron chi connectivity index (χ2n) is 6.47. The van der Waals surface area contributed by atoms with Gasteiger partial charge in [0.1, 0.15) is 11.4 Å². The van der Waals surface area contributed by atoms with E-state index in [2.05, 4.69) is 15.0 Å². The van der Waals surface area contributed by atoms with Crippen molar-refractivity contribution in [2.45, 2.75) is 26.1 Å². The van der Waals surface area contributed by atoms with Crippen LogP contribution in [0.1, 0.15) is 23.1 Å². The van der Waals surface area contributed by atoms with Crippen molar-refractivity contribution >= 4 is 29.1 Å². The average molecular weight is 424 g/mol. The maximum absolute atomic E-state index is 13.5. The Hall–Kier alpha value is -2.58. The third kappa shape index (κ3) is 3.33. The zero-order valence-electron chi connectivity index (χ0n) is 14.5. The topological polar surface area (TPSA) is 63.9 Å². The summed E-state index contributed by atoms with van der Waals surface area (Å²) in [7, 11) is 0. The van der Waals surface area contributed by atoms with Gasteiger partial charge in [0.25, 0.3) is 5.91 Å². The van der Waals surface area contributed by atoms with Gasteiger partial charge in [0.15, 0.2) is 17.5 Å². The predicted octanol–water partition coefficient (Wildman–Crippen LogP) is 3.97. The van der Waals surface area contributed by atoms with Crippen molar-refractivity contribution in [1.82, 2.24) is 24.4 Å². The molecule has 144 valence electrons. The Morgan fingerprint density at radius 3 is 2.75 bits per heavy atom. The van der Waals surface area contributed by atoms with Crippen LogP contribution in [0.4, 0.5) is 8.78 Å². The lowest BCUT2D eigenvalue weighted by molar-refractivity contribution is 0.0587. The number of aromatic nitrogens is 4. The largest absolute Gasteiger partial charge is 0.327 e. The summed E-state index contributed by atoms with van der Waals surface area (Å²) in [5.74, 6) is -2.00. The summed E-state index contributed by atoms with van der Waals surface area (Å²) >= 11 is 12.0. The number of amides is 1. The molecule has 28 heavy (non-hydrogen) atoms. The zero-order valence-corrected chi connectivity index (χ0v) is 16.0. The van der Waals surface area contributed by atoms with Crippen molar-refractivity contribution in [2.75, 3.05) is 0 Å². The van der Waals surface area contributed by atoms with E-state index in [0.717, 1.165) is 12.1 Å². The minimum Gasteiger partial charge on any atom is -0.327 e. The van der Waals surface area contributed by atoms with Gasteiger partial charge >= 0.3 is 0 Å². The summed E-state index contributed by atoms with van der Waals surface area (Å²) in [5.41, 5.74) is 1.22. The van der Waals surface area contributed by atoms with Gasteiger partial charge in [0.05, 0.1) is 11.2 Å². The highest BCUT2D eigenvalue weighted by molar-refractivity contribution is 6.33. The van der Waals surface area contributed by atoms with Crippen molar-refractivity contribution in [3.8, 4) is 11.4 Å². The number of fused-ring (bicyclic) bond motifs is 1. The fourth-order valence-corrected chi connectivity index (χ4v) is 3.46.